The molecule has 0 fully saturated rings. The predicted octanol–water partition coefficient (Wildman–Crippen LogP) is 3.23. The van der Waals surface area contributed by atoms with Crippen LogP contribution >= 0.6 is 27.3 Å². The number of nitrogens with two attached hydrogens (primary N) is 1. The number of carbonyl (C=O) groups is 1. The van der Waals surface area contributed by atoms with Crippen molar-refractivity contribution in [2.24, 2.45) is 11.7 Å². The first kappa shape index (κ1) is 15.7. The molecule has 0 aromatic carbocycles. The number of hydrogen-bond donors (Lipinski definition) is 1. The number of carbonyl (C=O) groups excluding carboxylic acids is 1. The summed E-state index contributed by atoms with van der Waals surface area (Å²) in [6.45, 7) is 3.55. The summed E-state index contributed by atoms with van der Waals surface area (Å²) in [7, 11) is 1.86. The highest BCUT2D eigenvalue weighted by Gasteiger charge is 2.12. The molecular weight excluding hydrogens is 312 g/mol. The van der Waals surface area contributed by atoms with Gasteiger partial charge in [0.05, 0.1) is 6.54 Å². The van der Waals surface area contributed by atoms with Crippen LogP contribution in [0.25, 0.3) is 0 Å². The van der Waals surface area contributed by atoms with Crippen molar-refractivity contribution in [1.29, 1.82) is 0 Å². The van der Waals surface area contributed by atoms with Gasteiger partial charge in [0.1, 0.15) is 0 Å². The van der Waals surface area contributed by atoms with E-state index in [1.54, 1.807) is 16.2 Å². The van der Waals surface area contributed by atoms with Crippen molar-refractivity contribution < 1.29 is 4.79 Å². The molecule has 0 spiro atoms. The van der Waals surface area contributed by atoms with Crippen LogP contribution in [0, 0.1) is 5.92 Å². The lowest BCUT2D eigenvalue weighted by atomic mass is 10.0. The van der Waals surface area contributed by atoms with Crippen molar-refractivity contribution in [2.75, 3.05) is 13.6 Å². The Morgan fingerprint density at radius 1 is 1.56 bits per heavy atom. The molecule has 1 aromatic rings. The van der Waals surface area contributed by atoms with E-state index in [1.807, 2.05) is 12.4 Å². The summed E-state index contributed by atoms with van der Waals surface area (Å²) in [4.78, 5) is 15.0. The maximum atomic E-state index is 12.0. The van der Waals surface area contributed by atoms with E-state index in [-0.39, 0.29) is 5.91 Å². The van der Waals surface area contributed by atoms with Crippen LogP contribution in [0.2, 0.25) is 0 Å². The molecule has 102 valence electrons. The summed E-state index contributed by atoms with van der Waals surface area (Å²) in [5.74, 6) is 0.742. The van der Waals surface area contributed by atoms with Crippen LogP contribution in [-0.2, 0) is 11.3 Å². The molecule has 1 heterocycles. The van der Waals surface area contributed by atoms with Gasteiger partial charge in [0, 0.05) is 28.2 Å². The second-order valence-corrected chi connectivity index (χ2v) is 6.61. The van der Waals surface area contributed by atoms with Crippen molar-refractivity contribution in [3.8, 4) is 0 Å². The number of rotatable bonds is 7. The number of hydrogen-bond acceptors (Lipinski definition) is 3. The molecule has 18 heavy (non-hydrogen) atoms. The van der Waals surface area contributed by atoms with Crippen LogP contribution in [0.5, 0.6) is 0 Å². The molecule has 0 saturated carbocycles. The van der Waals surface area contributed by atoms with E-state index < -0.39 is 0 Å². The molecule has 0 aliphatic carbocycles. The van der Waals surface area contributed by atoms with Gasteiger partial charge < -0.3 is 10.6 Å². The average Bonchev–Trinajstić information content (AvgIpc) is 2.72. The van der Waals surface area contributed by atoms with Gasteiger partial charge in [-0.2, -0.15) is 0 Å². The SMILES string of the molecule is CC(CCN)CCC(=O)N(C)Cc1cc(Br)cs1. The Labute approximate surface area is 121 Å². The summed E-state index contributed by atoms with van der Waals surface area (Å²) < 4.78 is 1.08. The third-order valence-electron chi connectivity index (χ3n) is 2.95. The summed E-state index contributed by atoms with van der Waals surface area (Å²) in [5.41, 5.74) is 5.50. The zero-order valence-electron chi connectivity index (χ0n) is 11.0. The Kier molecular flexibility index (Phi) is 6.89. The highest BCUT2D eigenvalue weighted by Crippen LogP contribution is 2.21. The highest BCUT2D eigenvalue weighted by molar-refractivity contribution is 9.10. The van der Waals surface area contributed by atoms with Crippen LogP contribution in [0.1, 0.15) is 31.1 Å². The molecule has 0 radical (unpaired) electrons. The monoisotopic (exact) mass is 332 g/mol. The minimum Gasteiger partial charge on any atom is -0.341 e. The smallest absolute Gasteiger partial charge is 0.222 e. The van der Waals surface area contributed by atoms with Crippen molar-refractivity contribution in [3.05, 3.63) is 20.8 Å². The molecular formula is C13H21BrN2OS. The van der Waals surface area contributed by atoms with Gasteiger partial charge in [-0.15, -0.1) is 11.3 Å². The molecule has 0 aliphatic rings. The lowest BCUT2D eigenvalue weighted by Crippen LogP contribution is -2.26. The van der Waals surface area contributed by atoms with Crippen LogP contribution in [-0.4, -0.2) is 24.4 Å². The molecule has 3 nitrogen and oxygen atoms in total. The summed E-state index contributed by atoms with van der Waals surface area (Å²) in [6.07, 6.45) is 2.54. The molecule has 1 atom stereocenters. The van der Waals surface area contributed by atoms with Gasteiger partial charge in [0.2, 0.25) is 5.91 Å². The first-order valence-corrected chi connectivity index (χ1v) is 7.87. The standard InChI is InChI=1S/C13H21BrN2OS/c1-10(5-6-15)3-4-13(17)16(2)8-12-7-11(14)9-18-12/h7,9-10H,3-6,8,15H2,1-2H3. The maximum absolute atomic E-state index is 12.0. The van der Waals surface area contributed by atoms with Crippen LogP contribution < -0.4 is 5.73 Å². The van der Waals surface area contributed by atoms with E-state index in [0.29, 0.717) is 25.4 Å². The molecule has 1 unspecified atom stereocenters. The van der Waals surface area contributed by atoms with Gasteiger partial charge in [0.25, 0.3) is 0 Å². The van der Waals surface area contributed by atoms with Gasteiger partial charge >= 0.3 is 0 Å². The minimum atomic E-state index is 0.211. The molecule has 1 aromatic heterocycles. The van der Waals surface area contributed by atoms with Crippen molar-refractivity contribution >= 4 is 33.2 Å². The van der Waals surface area contributed by atoms with Gasteiger partial charge in [-0.25, -0.2) is 0 Å². The molecule has 5 heteroatoms. The molecule has 1 rings (SSSR count). The third-order valence-corrected chi connectivity index (χ3v) is 4.63. The summed E-state index contributed by atoms with van der Waals surface area (Å²) >= 11 is 5.09. The highest BCUT2D eigenvalue weighted by atomic mass is 79.9. The fourth-order valence-corrected chi connectivity index (χ4v) is 3.25. The lowest BCUT2D eigenvalue weighted by Gasteiger charge is -2.17. The topological polar surface area (TPSA) is 46.3 Å². The number of halogens is 1. The lowest BCUT2D eigenvalue weighted by molar-refractivity contribution is -0.130. The molecule has 0 aliphatic heterocycles. The first-order chi connectivity index (χ1) is 8.52. The summed E-state index contributed by atoms with van der Waals surface area (Å²) in [5, 5.41) is 2.04. The van der Waals surface area contributed by atoms with E-state index in [4.69, 9.17) is 5.73 Å². The molecule has 0 saturated heterocycles. The van der Waals surface area contributed by atoms with Crippen molar-refractivity contribution in [1.82, 2.24) is 4.90 Å². The Bertz CT molecular complexity index is 381. The van der Waals surface area contributed by atoms with Gasteiger partial charge in [-0.05, 0) is 47.3 Å². The van der Waals surface area contributed by atoms with Gasteiger partial charge in [-0.1, -0.05) is 6.92 Å². The zero-order chi connectivity index (χ0) is 13.5. The van der Waals surface area contributed by atoms with Gasteiger partial charge in [-0.3, -0.25) is 4.79 Å². The van der Waals surface area contributed by atoms with Crippen LogP contribution in [0.4, 0.5) is 0 Å². The number of thiophene rings is 1. The second-order valence-electron chi connectivity index (χ2n) is 4.70. The van der Waals surface area contributed by atoms with Crippen LogP contribution in [0.15, 0.2) is 15.9 Å². The third kappa shape index (κ3) is 5.50. The Morgan fingerprint density at radius 2 is 2.28 bits per heavy atom. The first-order valence-electron chi connectivity index (χ1n) is 6.20. The minimum absolute atomic E-state index is 0.211. The van der Waals surface area contributed by atoms with Gasteiger partial charge in [0.15, 0.2) is 0 Å². The largest absolute Gasteiger partial charge is 0.341 e. The normalized spacial score (nSPS) is 12.4. The van der Waals surface area contributed by atoms with Crippen molar-refractivity contribution in [2.45, 2.75) is 32.7 Å². The summed E-state index contributed by atoms with van der Waals surface area (Å²) in [6, 6.07) is 2.06. The zero-order valence-corrected chi connectivity index (χ0v) is 13.4. The van der Waals surface area contributed by atoms with E-state index in [0.717, 1.165) is 17.3 Å². The Morgan fingerprint density at radius 3 is 2.83 bits per heavy atom. The molecule has 0 bridgehead atoms. The number of amides is 1. The Hall–Kier alpha value is -0.390. The molecule has 1 amide bonds. The maximum Gasteiger partial charge on any atom is 0.222 e. The van der Waals surface area contributed by atoms with E-state index in [1.165, 1.54) is 4.88 Å². The van der Waals surface area contributed by atoms with E-state index in [9.17, 15) is 4.79 Å². The van der Waals surface area contributed by atoms with E-state index >= 15 is 0 Å². The molecule has 2 N–H and O–H groups in total. The second kappa shape index (κ2) is 7.92. The fourth-order valence-electron chi connectivity index (χ4n) is 1.75. The van der Waals surface area contributed by atoms with E-state index in [2.05, 4.69) is 28.9 Å². The average molecular weight is 333 g/mol. The fraction of sp³-hybridized carbons (Fsp3) is 0.615. The van der Waals surface area contributed by atoms with Crippen LogP contribution in [0.3, 0.4) is 0 Å². The Balaban J connectivity index is 2.33. The number of nitrogens with zero attached hydrogens (tertiary/aromatic N) is 1. The quantitative estimate of drug-likeness (QED) is 0.833. The van der Waals surface area contributed by atoms with Crippen molar-refractivity contribution in [3.63, 3.8) is 0 Å². The predicted molar refractivity (Wildman–Crippen MR) is 80.6 cm³/mol.